The van der Waals surface area contributed by atoms with Crippen LogP contribution in [-0.4, -0.2) is 25.4 Å². The van der Waals surface area contributed by atoms with Gasteiger partial charge in [0.1, 0.15) is 6.33 Å². The minimum absolute atomic E-state index is 0.0632. The number of aryl methyl sites for hydroxylation is 1. The first-order chi connectivity index (χ1) is 8.70. The highest BCUT2D eigenvalue weighted by Crippen LogP contribution is 2.18. The summed E-state index contributed by atoms with van der Waals surface area (Å²) in [4.78, 5) is 14.3. The van der Waals surface area contributed by atoms with Crippen LogP contribution in [0.25, 0.3) is 11.4 Å². The second-order valence-corrected chi connectivity index (χ2v) is 4.16. The standard InChI is InChI=1S/C11H12N4O2S/c16-15(17)10-4-2-9(3-5-10)11-12-8-14(13-11)6-1-7-18/h2-5,8,18H,1,6-7H2. The van der Waals surface area contributed by atoms with Crippen molar-refractivity contribution >= 4 is 18.3 Å². The summed E-state index contributed by atoms with van der Waals surface area (Å²) >= 11 is 4.13. The predicted octanol–water partition coefficient (Wildman–Crippen LogP) is 2.17. The van der Waals surface area contributed by atoms with E-state index in [-0.39, 0.29) is 5.69 Å². The lowest BCUT2D eigenvalue weighted by atomic mass is 10.2. The largest absolute Gasteiger partial charge is 0.269 e. The number of non-ortho nitro benzene ring substituents is 1. The molecule has 0 fully saturated rings. The van der Waals surface area contributed by atoms with Gasteiger partial charge in [-0.2, -0.15) is 17.7 Å². The maximum absolute atomic E-state index is 10.5. The average molecular weight is 264 g/mol. The van der Waals surface area contributed by atoms with E-state index in [1.807, 2.05) is 0 Å². The third-order valence-corrected chi connectivity index (χ3v) is 2.73. The Kier molecular flexibility index (Phi) is 3.93. The van der Waals surface area contributed by atoms with Gasteiger partial charge in [-0.05, 0) is 24.3 Å². The van der Waals surface area contributed by atoms with Gasteiger partial charge >= 0.3 is 0 Å². The highest BCUT2D eigenvalue weighted by molar-refractivity contribution is 7.80. The Morgan fingerprint density at radius 2 is 2.06 bits per heavy atom. The first-order valence-corrected chi connectivity index (χ1v) is 6.09. The first kappa shape index (κ1) is 12.6. The van der Waals surface area contributed by atoms with Crippen LogP contribution in [-0.2, 0) is 6.54 Å². The predicted molar refractivity (Wildman–Crippen MR) is 70.6 cm³/mol. The van der Waals surface area contributed by atoms with E-state index in [1.165, 1.54) is 12.1 Å². The second-order valence-electron chi connectivity index (χ2n) is 3.71. The van der Waals surface area contributed by atoms with Crippen molar-refractivity contribution in [2.45, 2.75) is 13.0 Å². The van der Waals surface area contributed by atoms with E-state index in [0.717, 1.165) is 24.3 Å². The zero-order valence-corrected chi connectivity index (χ0v) is 10.5. The van der Waals surface area contributed by atoms with Gasteiger partial charge in [0.25, 0.3) is 5.69 Å². The lowest BCUT2D eigenvalue weighted by Crippen LogP contribution is -1.99. The minimum Gasteiger partial charge on any atom is -0.258 e. The first-order valence-electron chi connectivity index (χ1n) is 5.46. The summed E-state index contributed by atoms with van der Waals surface area (Å²) in [6.07, 6.45) is 2.58. The van der Waals surface area contributed by atoms with E-state index >= 15 is 0 Å². The SMILES string of the molecule is O=[N+]([O-])c1ccc(-c2ncn(CCCS)n2)cc1. The van der Waals surface area contributed by atoms with Crippen LogP contribution in [0.2, 0.25) is 0 Å². The quantitative estimate of drug-likeness (QED) is 0.510. The van der Waals surface area contributed by atoms with Gasteiger partial charge in [0, 0.05) is 24.2 Å². The fourth-order valence-electron chi connectivity index (χ4n) is 1.50. The van der Waals surface area contributed by atoms with Crippen LogP contribution in [0, 0.1) is 10.1 Å². The van der Waals surface area contributed by atoms with Crippen LogP contribution in [0.5, 0.6) is 0 Å². The molecule has 7 heteroatoms. The molecule has 2 aromatic rings. The lowest BCUT2D eigenvalue weighted by molar-refractivity contribution is -0.384. The molecular formula is C11H12N4O2S. The van der Waals surface area contributed by atoms with Crippen LogP contribution in [0.1, 0.15) is 6.42 Å². The van der Waals surface area contributed by atoms with Gasteiger partial charge in [-0.3, -0.25) is 14.8 Å². The van der Waals surface area contributed by atoms with Crippen molar-refractivity contribution in [1.29, 1.82) is 0 Å². The number of hydrogen-bond donors (Lipinski definition) is 1. The molecule has 2 rings (SSSR count). The highest BCUT2D eigenvalue weighted by atomic mass is 32.1. The zero-order valence-electron chi connectivity index (χ0n) is 9.56. The molecular weight excluding hydrogens is 252 g/mol. The third kappa shape index (κ3) is 2.86. The number of aromatic nitrogens is 3. The van der Waals surface area contributed by atoms with Crippen molar-refractivity contribution in [3.63, 3.8) is 0 Å². The molecule has 0 saturated heterocycles. The molecule has 0 spiro atoms. The molecule has 18 heavy (non-hydrogen) atoms. The summed E-state index contributed by atoms with van der Waals surface area (Å²) in [7, 11) is 0. The van der Waals surface area contributed by atoms with Gasteiger partial charge in [-0.25, -0.2) is 4.98 Å². The zero-order chi connectivity index (χ0) is 13.0. The fraction of sp³-hybridized carbons (Fsp3) is 0.273. The molecule has 0 saturated carbocycles. The average Bonchev–Trinajstić information content (AvgIpc) is 2.85. The van der Waals surface area contributed by atoms with Gasteiger partial charge in [-0.1, -0.05) is 0 Å². The van der Waals surface area contributed by atoms with Crippen LogP contribution < -0.4 is 0 Å². The van der Waals surface area contributed by atoms with Crippen molar-refractivity contribution < 1.29 is 4.92 Å². The third-order valence-electron chi connectivity index (χ3n) is 2.42. The maximum atomic E-state index is 10.5. The molecule has 0 aliphatic heterocycles. The Labute approximate surface area is 109 Å². The van der Waals surface area contributed by atoms with Crippen molar-refractivity contribution in [2.75, 3.05) is 5.75 Å². The van der Waals surface area contributed by atoms with Gasteiger partial charge in [-0.15, -0.1) is 0 Å². The Morgan fingerprint density at radius 3 is 2.67 bits per heavy atom. The van der Waals surface area contributed by atoms with Gasteiger partial charge in [0.15, 0.2) is 5.82 Å². The molecule has 0 bridgehead atoms. The molecule has 0 unspecified atom stereocenters. The number of thiol groups is 1. The fourth-order valence-corrected chi connectivity index (χ4v) is 1.64. The molecule has 94 valence electrons. The smallest absolute Gasteiger partial charge is 0.258 e. The van der Waals surface area contributed by atoms with Crippen molar-refractivity contribution in [1.82, 2.24) is 14.8 Å². The van der Waals surface area contributed by atoms with E-state index in [1.54, 1.807) is 23.1 Å². The molecule has 1 aromatic carbocycles. The maximum Gasteiger partial charge on any atom is 0.269 e. The molecule has 0 aliphatic rings. The molecule has 0 atom stereocenters. The Balaban J connectivity index is 2.15. The summed E-state index contributed by atoms with van der Waals surface area (Å²) in [5, 5.41) is 14.8. The summed E-state index contributed by atoms with van der Waals surface area (Å²) in [6, 6.07) is 6.19. The Hall–Kier alpha value is -1.89. The summed E-state index contributed by atoms with van der Waals surface area (Å²) in [5.74, 6) is 1.37. The number of hydrogen-bond acceptors (Lipinski definition) is 5. The van der Waals surface area contributed by atoms with Crippen LogP contribution in [0.4, 0.5) is 5.69 Å². The van der Waals surface area contributed by atoms with E-state index in [9.17, 15) is 10.1 Å². The van der Waals surface area contributed by atoms with E-state index in [0.29, 0.717) is 5.82 Å². The summed E-state index contributed by atoms with van der Waals surface area (Å²) in [5.41, 5.74) is 0.832. The van der Waals surface area contributed by atoms with Crippen LogP contribution >= 0.6 is 12.6 Å². The molecule has 1 aromatic heterocycles. The normalized spacial score (nSPS) is 10.5. The van der Waals surface area contributed by atoms with Gasteiger partial charge in [0.05, 0.1) is 4.92 Å². The monoisotopic (exact) mass is 264 g/mol. The number of rotatable bonds is 5. The molecule has 1 heterocycles. The van der Waals surface area contributed by atoms with E-state index in [4.69, 9.17) is 0 Å². The van der Waals surface area contributed by atoms with Gasteiger partial charge < -0.3 is 0 Å². The minimum atomic E-state index is -0.428. The molecule has 0 radical (unpaired) electrons. The number of nitro groups is 1. The van der Waals surface area contributed by atoms with Crippen molar-refractivity contribution in [3.05, 3.63) is 40.7 Å². The number of nitro benzene ring substituents is 1. The lowest BCUT2D eigenvalue weighted by Gasteiger charge is -1.97. The summed E-state index contributed by atoms with van der Waals surface area (Å²) in [6.45, 7) is 0.767. The van der Waals surface area contributed by atoms with Crippen molar-refractivity contribution in [2.24, 2.45) is 0 Å². The van der Waals surface area contributed by atoms with E-state index in [2.05, 4.69) is 22.7 Å². The van der Waals surface area contributed by atoms with Gasteiger partial charge in [0.2, 0.25) is 0 Å². The Bertz CT molecular complexity index is 538. The number of benzene rings is 1. The van der Waals surface area contributed by atoms with Crippen LogP contribution in [0.15, 0.2) is 30.6 Å². The highest BCUT2D eigenvalue weighted by Gasteiger charge is 2.08. The summed E-state index contributed by atoms with van der Waals surface area (Å²) < 4.78 is 1.74. The molecule has 0 N–H and O–H groups in total. The number of nitrogens with zero attached hydrogens (tertiary/aromatic N) is 4. The van der Waals surface area contributed by atoms with Crippen LogP contribution in [0.3, 0.4) is 0 Å². The Morgan fingerprint density at radius 1 is 1.33 bits per heavy atom. The second kappa shape index (κ2) is 5.63. The molecule has 6 nitrogen and oxygen atoms in total. The molecule has 0 aliphatic carbocycles. The van der Waals surface area contributed by atoms with E-state index < -0.39 is 4.92 Å². The topological polar surface area (TPSA) is 73.8 Å². The molecule has 0 amide bonds. The van der Waals surface area contributed by atoms with Crippen molar-refractivity contribution in [3.8, 4) is 11.4 Å².